The summed E-state index contributed by atoms with van der Waals surface area (Å²) in [6, 6.07) is 21.2. The van der Waals surface area contributed by atoms with Crippen LogP contribution in [0.5, 0.6) is 0 Å². The SMILES string of the molecule is CC1=C(C)N(c2ccccc2)CN1CCCC[n+]1[c-]n(-c2ccccc2)c(C)c1C. The summed E-state index contributed by atoms with van der Waals surface area (Å²) in [6.07, 6.45) is 5.86. The molecular weight excluding hydrogens is 368 g/mol. The minimum Gasteiger partial charge on any atom is -0.356 e. The van der Waals surface area contributed by atoms with E-state index in [0.29, 0.717) is 0 Å². The Hall–Kier alpha value is -3.01. The molecule has 30 heavy (non-hydrogen) atoms. The Kier molecular flexibility index (Phi) is 5.93. The van der Waals surface area contributed by atoms with E-state index in [1.54, 1.807) is 0 Å². The Morgan fingerprint density at radius 2 is 1.43 bits per heavy atom. The molecule has 2 aromatic carbocycles. The highest BCUT2D eigenvalue weighted by Crippen LogP contribution is 2.28. The van der Waals surface area contributed by atoms with E-state index in [2.05, 4.69) is 114 Å². The fraction of sp³-hybridized carbons (Fsp3) is 0.346. The van der Waals surface area contributed by atoms with Crippen LogP contribution >= 0.6 is 0 Å². The first-order chi connectivity index (χ1) is 14.6. The van der Waals surface area contributed by atoms with Crippen molar-refractivity contribution in [2.45, 2.75) is 47.1 Å². The molecule has 1 aliphatic heterocycles. The Labute approximate surface area is 180 Å². The van der Waals surface area contributed by atoms with Gasteiger partial charge in [0, 0.05) is 35.0 Å². The number of aromatic nitrogens is 2. The van der Waals surface area contributed by atoms with Gasteiger partial charge in [0.05, 0.1) is 18.9 Å². The molecule has 0 N–H and O–H groups in total. The van der Waals surface area contributed by atoms with Crippen molar-refractivity contribution in [2.24, 2.45) is 0 Å². The van der Waals surface area contributed by atoms with E-state index < -0.39 is 0 Å². The zero-order valence-corrected chi connectivity index (χ0v) is 18.6. The fourth-order valence-corrected chi connectivity index (χ4v) is 4.18. The number of imidazole rings is 1. The van der Waals surface area contributed by atoms with E-state index in [9.17, 15) is 0 Å². The van der Waals surface area contributed by atoms with Crippen LogP contribution in [0.2, 0.25) is 0 Å². The fourth-order valence-electron chi connectivity index (χ4n) is 4.18. The van der Waals surface area contributed by atoms with E-state index in [0.717, 1.165) is 26.2 Å². The lowest BCUT2D eigenvalue weighted by Crippen LogP contribution is -2.36. The van der Waals surface area contributed by atoms with E-state index in [4.69, 9.17) is 0 Å². The van der Waals surface area contributed by atoms with Gasteiger partial charge in [0.15, 0.2) is 0 Å². The number of hydrogen-bond donors (Lipinski definition) is 0. The van der Waals surface area contributed by atoms with Gasteiger partial charge in [-0.15, -0.1) is 0 Å². The Morgan fingerprint density at radius 3 is 2.10 bits per heavy atom. The van der Waals surface area contributed by atoms with Crippen molar-refractivity contribution in [2.75, 3.05) is 18.1 Å². The summed E-state index contributed by atoms with van der Waals surface area (Å²) in [6.45, 7) is 11.9. The molecule has 4 nitrogen and oxygen atoms in total. The molecule has 4 rings (SSSR count). The average Bonchev–Trinajstić information content (AvgIpc) is 3.23. The van der Waals surface area contributed by atoms with Crippen LogP contribution in [0.15, 0.2) is 72.1 Å². The molecule has 0 unspecified atom stereocenters. The first-order valence-corrected chi connectivity index (χ1v) is 10.9. The molecule has 0 radical (unpaired) electrons. The molecule has 0 fully saturated rings. The molecular formula is C26H32N4. The highest BCUT2D eigenvalue weighted by atomic mass is 15.4. The van der Waals surface area contributed by atoms with Gasteiger partial charge in [0.1, 0.15) is 0 Å². The minimum atomic E-state index is 0.948. The average molecular weight is 401 g/mol. The maximum Gasteiger partial charge on any atom is 0.243 e. The Balaban J connectivity index is 1.34. The maximum absolute atomic E-state index is 3.54. The van der Waals surface area contributed by atoms with Crippen LogP contribution in [-0.2, 0) is 6.54 Å². The summed E-state index contributed by atoms with van der Waals surface area (Å²) in [4.78, 5) is 4.91. The predicted molar refractivity (Wildman–Crippen MR) is 122 cm³/mol. The Morgan fingerprint density at radius 1 is 0.800 bits per heavy atom. The van der Waals surface area contributed by atoms with Gasteiger partial charge in [0.25, 0.3) is 0 Å². The predicted octanol–water partition coefficient (Wildman–Crippen LogP) is 4.99. The normalized spacial score (nSPS) is 14.1. The van der Waals surface area contributed by atoms with Gasteiger partial charge < -0.3 is 18.9 Å². The standard InChI is InChI=1S/C26H32N4/c1-21-23(3)29(25-13-7-5-8-14-25)19-27(21)17-11-12-18-28-20-30(24(4)22(28)2)26-15-9-6-10-16-26/h5-10,13-16H,11-12,17-19H2,1-4H3. The van der Waals surface area contributed by atoms with Crippen molar-refractivity contribution in [1.29, 1.82) is 0 Å². The van der Waals surface area contributed by atoms with E-state index in [1.165, 1.54) is 40.6 Å². The summed E-state index contributed by atoms with van der Waals surface area (Å²) in [5, 5.41) is 0. The van der Waals surface area contributed by atoms with Gasteiger partial charge in [-0.25, -0.2) is 0 Å². The number of hydrogen-bond acceptors (Lipinski definition) is 2. The third-order valence-corrected chi connectivity index (χ3v) is 6.34. The van der Waals surface area contributed by atoms with Crippen molar-refractivity contribution in [3.05, 3.63) is 89.8 Å². The number of unbranched alkanes of at least 4 members (excludes halogenated alkanes) is 1. The summed E-state index contributed by atoms with van der Waals surface area (Å²) >= 11 is 0. The zero-order chi connectivity index (χ0) is 21.1. The second kappa shape index (κ2) is 8.78. The molecule has 0 spiro atoms. The number of rotatable bonds is 7. The van der Waals surface area contributed by atoms with E-state index in [-0.39, 0.29) is 0 Å². The number of anilines is 1. The lowest BCUT2D eigenvalue weighted by Gasteiger charge is -2.23. The van der Waals surface area contributed by atoms with Crippen LogP contribution in [-0.4, -0.2) is 22.7 Å². The molecule has 156 valence electrons. The van der Waals surface area contributed by atoms with Crippen LogP contribution in [0, 0.1) is 20.2 Å². The smallest absolute Gasteiger partial charge is 0.243 e. The molecule has 0 saturated carbocycles. The summed E-state index contributed by atoms with van der Waals surface area (Å²) < 4.78 is 4.44. The first-order valence-electron chi connectivity index (χ1n) is 10.9. The lowest BCUT2D eigenvalue weighted by atomic mass is 10.2. The first kappa shape index (κ1) is 20.3. The monoisotopic (exact) mass is 400 g/mol. The van der Waals surface area contributed by atoms with Gasteiger partial charge in [0.2, 0.25) is 6.33 Å². The van der Waals surface area contributed by atoms with Crippen molar-refractivity contribution in [1.82, 2.24) is 9.47 Å². The topological polar surface area (TPSA) is 15.3 Å². The third kappa shape index (κ3) is 4.00. The third-order valence-electron chi connectivity index (χ3n) is 6.34. The van der Waals surface area contributed by atoms with Crippen molar-refractivity contribution >= 4 is 5.69 Å². The van der Waals surface area contributed by atoms with Gasteiger partial charge in [-0.05, 0) is 52.7 Å². The summed E-state index contributed by atoms with van der Waals surface area (Å²) in [5.41, 5.74) is 7.74. The number of para-hydroxylation sites is 2. The van der Waals surface area contributed by atoms with E-state index >= 15 is 0 Å². The highest BCUT2D eigenvalue weighted by Gasteiger charge is 2.23. The van der Waals surface area contributed by atoms with Gasteiger partial charge in [-0.1, -0.05) is 48.5 Å². The minimum absolute atomic E-state index is 0.948. The van der Waals surface area contributed by atoms with Gasteiger partial charge in [-0.3, -0.25) is 0 Å². The molecule has 4 heteroatoms. The number of allylic oxidation sites excluding steroid dienone is 2. The molecule has 0 saturated heterocycles. The molecule has 0 aliphatic carbocycles. The number of aryl methyl sites for hydroxylation is 1. The highest BCUT2D eigenvalue weighted by molar-refractivity contribution is 5.54. The number of nitrogens with zero attached hydrogens (tertiary/aromatic N) is 4. The number of benzene rings is 2. The van der Waals surface area contributed by atoms with Crippen LogP contribution in [0.1, 0.15) is 38.1 Å². The molecule has 0 atom stereocenters. The lowest BCUT2D eigenvalue weighted by molar-refractivity contribution is -0.706. The van der Waals surface area contributed by atoms with Crippen molar-refractivity contribution < 1.29 is 4.57 Å². The van der Waals surface area contributed by atoms with Crippen molar-refractivity contribution in [3.8, 4) is 5.69 Å². The van der Waals surface area contributed by atoms with Crippen LogP contribution in [0.25, 0.3) is 5.69 Å². The van der Waals surface area contributed by atoms with E-state index in [1.807, 2.05) is 0 Å². The molecule has 0 bridgehead atoms. The van der Waals surface area contributed by atoms with Gasteiger partial charge in [-0.2, -0.15) is 0 Å². The molecule has 2 heterocycles. The van der Waals surface area contributed by atoms with Crippen LogP contribution < -0.4 is 9.47 Å². The quantitative estimate of drug-likeness (QED) is 0.315. The van der Waals surface area contributed by atoms with Crippen LogP contribution in [0.4, 0.5) is 5.69 Å². The maximum atomic E-state index is 3.54. The molecule has 3 aromatic rings. The van der Waals surface area contributed by atoms with Crippen LogP contribution in [0.3, 0.4) is 0 Å². The summed E-state index contributed by atoms with van der Waals surface area (Å²) in [7, 11) is 0. The largest absolute Gasteiger partial charge is 0.356 e. The van der Waals surface area contributed by atoms with Crippen molar-refractivity contribution in [3.63, 3.8) is 0 Å². The molecule has 0 amide bonds. The second-order valence-electron chi connectivity index (χ2n) is 8.14. The van der Waals surface area contributed by atoms with Gasteiger partial charge >= 0.3 is 0 Å². The summed E-state index contributed by atoms with van der Waals surface area (Å²) in [5.74, 6) is 0. The zero-order valence-electron chi connectivity index (χ0n) is 18.6. The Bertz CT molecular complexity index is 1020. The molecule has 1 aliphatic rings. The second-order valence-corrected chi connectivity index (χ2v) is 8.14. The molecule has 1 aromatic heterocycles.